The number of carbonyl (C=O) groups is 2. The molecular weight excluding hydrogens is 308 g/mol. The van der Waals surface area contributed by atoms with Crippen LogP contribution >= 0.6 is 15.9 Å². The maximum Gasteiger partial charge on any atom is 0.267 e. The van der Waals surface area contributed by atoms with Gasteiger partial charge in [-0.15, -0.1) is 0 Å². The Morgan fingerprint density at radius 2 is 1.84 bits per heavy atom. The fraction of sp³-hybridized carbons (Fsp3) is 0.0714. The smallest absolute Gasteiger partial charge is 0.267 e. The van der Waals surface area contributed by atoms with E-state index in [1.807, 2.05) is 19.1 Å². The van der Waals surface area contributed by atoms with E-state index in [0.717, 1.165) is 5.56 Å². The molecule has 2 heterocycles. The molecule has 0 saturated carbocycles. The fourth-order valence-electron chi connectivity index (χ4n) is 2.10. The van der Waals surface area contributed by atoms with Crippen molar-refractivity contribution >= 4 is 33.4 Å². The Morgan fingerprint density at radius 3 is 2.58 bits per heavy atom. The summed E-state index contributed by atoms with van der Waals surface area (Å²) < 4.78 is 0.709. The third-order valence-electron chi connectivity index (χ3n) is 3.03. The fourth-order valence-corrected chi connectivity index (χ4v) is 2.52. The number of hydrogen-bond acceptors (Lipinski definition) is 3. The van der Waals surface area contributed by atoms with Crippen LogP contribution in [0.25, 0.3) is 0 Å². The molecule has 0 aliphatic carbocycles. The molecule has 0 atom stereocenters. The van der Waals surface area contributed by atoms with Crippen LogP contribution in [0.3, 0.4) is 0 Å². The van der Waals surface area contributed by atoms with Crippen molar-refractivity contribution in [3.8, 4) is 0 Å². The predicted octanol–water partition coefficient (Wildman–Crippen LogP) is 2.95. The monoisotopic (exact) mass is 316 g/mol. The van der Waals surface area contributed by atoms with Crippen molar-refractivity contribution in [1.82, 2.24) is 4.98 Å². The summed E-state index contributed by atoms with van der Waals surface area (Å²) in [4.78, 5) is 29.7. The summed E-state index contributed by atoms with van der Waals surface area (Å²) in [6.07, 6.45) is 2.94. The van der Waals surface area contributed by atoms with E-state index >= 15 is 0 Å². The lowest BCUT2D eigenvalue weighted by molar-refractivity contribution is 0.0926. The quantitative estimate of drug-likeness (QED) is 0.760. The third-order valence-corrected chi connectivity index (χ3v) is 3.70. The van der Waals surface area contributed by atoms with Crippen molar-refractivity contribution in [2.24, 2.45) is 0 Å². The lowest BCUT2D eigenvalue weighted by Crippen LogP contribution is -2.29. The summed E-state index contributed by atoms with van der Waals surface area (Å²) in [5, 5.41) is 0. The molecule has 0 unspecified atom stereocenters. The predicted molar refractivity (Wildman–Crippen MR) is 74.3 cm³/mol. The van der Waals surface area contributed by atoms with Crippen LogP contribution in [-0.2, 0) is 0 Å². The Balaban J connectivity index is 2.17. The molecule has 3 rings (SSSR count). The molecule has 1 aromatic carbocycles. The minimum Gasteiger partial charge on any atom is -0.268 e. The van der Waals surface area contributed by atoms with Gasteiger partial charge in [-0.1, -0.05) is 6.07 Å². The molecule has 5 heteroatoms. The first-order valence-corrected chi connectivity index (χ1v) is 6.48. The number of halogens is 1. The zero-order valence-electron chi connectivity index (χ0n) is 10.1. The van der Waals surface area contributed by atoms with Crippen molar-refractivity contribution in [2.45, 2.75) is 6.92 Å². The Hall–Kier alpha value is -2.01. The average Bonchev–Trinajstić information content (AvgIpc) is 2.66. The molecule has 1 aliphatic rings. The molecule has 0 saturated heterocycles. The molecule has 4 nitrogen and oxygen atoms in total. The van der Waals surface area contributed by atoms with Crippen LogP contribution in [0.4, 0.5) is 5.69 Å². The van der Waals surface area contributed by atoms with Gasteiger partial charge in [0.05, 0.1) is 16.8 Å². The van der Waals surface area contributed by atoms with Crippen molar-refractivity contribution in [2.75, 3.05) is 4.90 Å². The summed E-state index contributed by atoms with van der Waals surface area (Å²) in [6, 6.07) is 7.11. The summed E-state index contributed by atoms with van der Waals surface area (Å²) in [5.74, 6) is -0.645. The highest BCUT2D eigenvalue weighted by Gasteiger charge is 2.37. The SMILES string of the molecule is Cc1ccc(Br)c(N2C(=O)c3ccncc3C2=O)c1. The lowest BCUT2D eigenvalue weighted by atomic mass is 10.2. The van der Waals surface area contributed by atoms with Crippen molar-refractivity contribution in [3.05, 3.63) is 57.8 Å². The van der Waals surface area contributed by atoms with E-state index in [0.29, 0.717) is 21.3 Å². The summed E-state index contributed by atoms with van der Waals surface area (Å²) in [5.41, 5.74) is 2.29. The average molecular weight is 317 g/mol. The van der Waals surface area contributed by atoms with Gasteiger partial charge in [0.25, 0.3) is 11.8 Å². The summed E-state index contributed by atoms with van der Waals surface area (Å²) >= 11 is 3.38. The van der Waals surface area contributed by atoms with Gasteiger partial charge in [-0.25, -0.2) is 4.90 Å². The van der Waals surface area contributed by atoms with Crippen molar-refractivity contribution < 1.29 is 9.59 Å². The van der Waals surface area contributed by atoms with E-state index in [4.69, 9.17) is 0 Å². The number of aromatic nitrogens is 1. The topological polar surface area (TPSA) is 50.3 Å². The van der Waals surface area contributed by atoms with Crippen molar-refractivity contribution in [3.63, 3.8) is 0 Å². The number of amides is 2. The Labute approximate surface area is 118 Å². The highest BCUT2D eigenvalue weighted by molar-refractivity contribution is 9.10. The molecule has 1 aromatic heterocycles. The van der Waals surface area contributed by atoms with E-state index in [1.54, 1.807) is 12.1 Å². The molecule has 0 bridgehead atoms. The van der Waals surface area contributed by atoms with Gasteiger partial charge in [-0.05, 0) is 46.6 Å². The normalized spacial score (nSPS) is 13.9. The highest BCUT2D eigenvalue weighted by Crippen LogP contribution is 2.33. The molecule has 0 N–H and O–H groups in total. The number of rotatable bonds is 1. The number of fused-ring (bicyclic) bond motifs is 1. The molecule has 2 amide bonds. The number of carbonyl (C=O) groups excluding carboxylic acids is 2. The van der Waals surface area contributed by atoms with Crippen LogP contribution in [0.1, 0.15) is 26.3 Å². The molecular formula is C14H9BrN2O2. The van der Waals surface area contributed by atoms with Gasteiger partial charge in [0.1, 0.15) is 0 Å². The van der Waals surface area contributed by atoms with Gasteiger partial charge in [0.15, 0.2) is 0 Å². The number of imide groups is 1. The maximum absolute atomic E-state index is 12.3. The second kappa shape index (κ2) is 4.28. The Bertz CT molecular complexity index is 677. The van der Waals surface area contributed by atoms with E-state index in [1.165, 1.54) is 17.3 Å². The minimum absolute atomic E-state index is 0.311. The van der Waals surface area contributed by atoms with Crippen LogP contribution in [0.2, 0.25) is 0 Å². The minimum atomic E-state index is -0.334. The second-order valence-electron chi connectivity index (χ2n) is 4.32. The number of anilines is 1. The molecule has 2 aromatic rings. The van der Waals surface area contributed by atoms with E-state index in [-0.39, 0.29) is 11.8 Å². The Morgan fingerprint density at radius 1 is 1.11 bits per heavy atom. The number of nitrogens with zero attached hydrogens (tertiary/aromatic N) is 2. The van der Waals surface area contributed by atoms with Gasteiger partial charge in [-0.3, -0.25) is 14.6 Å². The lowest BCUT2D eigenvalue weighted by Gasteiger charge is -2.16. The molecule has 0 fully saturated rings. The van der Waals surface area contributed by atoms with Crippen LogP contribution in [0, 0.1) is 6.92 Å². The van der Waals surface area contributed by atoms with Crippen LogP contribution in [0.15, 0.2) is 41.1 Å². The molecule has 0 radical (unpaired) electrons. The molecule has 1 aliphatic heterocycles. The van der Waals surface area contributed by atoms with Gasteiger partial charge in [0.2, 0.25) is 0 Å². The largest absolute Gasteiger partial charge is 0.268 e. The Kier molecular flexibility index (Phi) is 2.71. The zero-order valence-corrected chi connectivity index (χ0v) is 11.6. The molecule has 94 valence electrons. The number of pyridine rings is 1. The van der Waals surface area contributed by atoms with Crippen LogP contribution in [-0.4, -0.2) is 16.8 Å². The number of hydrogen-bond donors (Lipinski definition) is 0. The van der Waals surface area contributed by atoms with E-state index in [2.05, 4.69) is 20.9 Å². The van der Waals surface area contributed by atoms with Crippen molar-refractivity contribution in [1.29, 1.82) is 0 Å². The molecule has 0 spiro atoms. The highest BCUT2D eigenvalue weighted by atomic mass is 79.9. The van der Waals surface area contributed by atoms with Gasteiger partial charge in [0, 0.05) is 16.9 Å². The molecule has 19 heavy (non-hydrogen) atoms. The zero-order chi connectivity index (χ0) is 13.6. The van der Waals surface area contributed by atoms with Crippen LogP contribution < -0.4 is 4.90 Å². The standard InChI is InChI=1S/C14H9BrN2O2/c1-8-2-3-11(15)12(6-8)17-13(18)9-4-5-16-7-10(9)14(17)19/h2-7H,1H3. The summed E-state index contributed by atoms with van der Waals surface area (Å²) in [6.45, 7) is 1.91. The third kappa shape index (κ3) is 1.77. The van der Waals surface area contributed by atoms with E-state index < -0.39 is 0 Å². The maximum atomic E-state index is 12.3. The van der Waals surface area contributed by atoms with Gasteiger partial charge < -0.3 is 0 Å². The van der Waals surface area contributed by atoms with E-state index in [9.17, 15) is 9.59 Å². The summed E-state index contributed by atoms with van der Waals surface area (Å²) in [7, 11) is 0. The second-order valence-corrected chi connectivity index (χ2v) is 5.18. The van der Waals surface area contributed by atoms with Gasteiger partial charge >= 0.3 is 0 Å². The first-order chi connectivity index (χ1) is 9.09. The number of benzene rings is 1. The van der Waals surface area contributed by atoms with Gasteiger partial charge in [-0.2, -0.15) is 0 Å². The number of aryl methyl sites for hydroxylation is 1. The van der Waals surface area contributed by atoms with Crippen LogP contribution in [0.5, 0.6) is 0 Å². The first-order valence-electron chi connectivity index (χ1n) is 5.68. The first kappa shape index (κ1) is 12.0.